The zero-order chi connectivity index (χ0) is 24.7. The lowest BCUT2D eigenvalue weighted by molar-refractivity contribution is -0.117. The van der Waals surface area contributed by atoms with Gasteiger partial charge in [-0.05, 0) is 42.8 Å². The molecule has 35 heavy (non-hydrogen) atoms. The number of thiazole rings is 1. The predicted octanol–water partition coefficient (Wildman–Crippen LogP) is 6.26. The molecule has 1 aromatic heterocycles. The molecular formula is C27H19ClN2O4S. The van der Waals surface area contributed by atoms with Crippen LogP contribution in [0.3, 0.4) is 0 Å². The highest BCUT2D eigenvalue weighted by Crippen LogP contribution is 2.44. The third-order valence-corrected chi connectivity index (χ3v) is 7.19. The van der Waals surface area contributed by atoms with Crippen molar-refractivity contribution in [2.75, 3.05) is 4.90 Å². The fraction of sp³-hybridized carbons (Fsp3) is 0.0741. The number of rotatable bonds is 5. The SMILES string of the molecule is Cc1nc(-c2ccccc2)sc1C(=O)C1=C(O)C(=O)N(c2cccc(Cl)c2)C1c1cccc(O)c1. The summed E-state index contributed by atoms with van der Waals surface area (Å²) >= 11 is 7.38. The number of amides is 1. The number of phenols is 1. The number of Topliss-reactive ketones (excluding diaryl/α,β-unsaturated/α-hetero) is 1. The molecule has 3 aromatic carbocycles. The number of aryl methyl sites for hydroxylation is 1. The van der Waals surface area contributed by atoms with E-state index in [9.17, 15) is 19.8 Å². The van der Waals surface area contributed by atoms with Gasteiger partial charge in [-0.1, -0.05) is 60.1 Å². The van der Waals surface area contributed by atoms with E-state index < -0.39 is 23.5 Å². The van der Waals surface area contributed by atoms with Crippen LogP contribution in [0.5, 0.6) is 5.75 Å². The average molecular weight is 503 g/mol. The zero-order valence-corrected chi connectivity index (χ0v) is 20.0. The second-order valence-electron chi connectivity index (χ2n) is 8.04. The molecule has 8 heteroatoms. The number of carbonyl (C=O) groups excluding carboxylic acids is 2. The van der Waals surface area contributed by atoms with Crippen LogP contribution in [0.25, 0.3) is 10.6 Å². The van der Waals surface area contributed by atoms with E-state index in [1.165, 1.54) is 28.4 Å². The monoisotopic (exact) mass is 502 g/mol. The number of aliphatic hydroxyl groups is 1. The minimum atomic E-state index is -0.970. The lowest BCUT2D eigenvalue weighted by Gasteiger charge is -2.27. The first kappa shape index (κ1) is 22.8. The number of phenolic OH excluding ortho intramolecular Hbond substituents is 1. The summed E-state index contributed by atoms with van der Waals surface area (Å²) in [4.78, 5) is 33.4. The van der Waals surface area contributed by atoms with E-state index in [-0.39, 0.29) is 11.3 Å². The fourth-order valence-electron chi connectivity index (χ4n) is 4.17. The van der Waals surface area contributed by atoms with Crippen LogP contribution in [-0.2, 0) is 4.79 Å². The average Bonchev–Trinajstić information content (AvgIpc) is 3.37. The molecule has 2 N–H and O–H groups in total. The van der Waals surface area contributed by atoms with E-state index in [0.717, 1.165) is 5.56 Å². The van der Waals surface area contributed by atoms with Gasteiger partial charge in [-0.25, -0.2) is 4.98 Å². The maximum absolute atomic E-state index is 13.9. The molecule has 1 atom stereocenters. The van der Waals surface area contributed by atoms with E-state index in [4.69, 9.17) is 11.6 Å². The Morgan fingerprint density at radius 2 is 1.74 bits per heavy atom. The number of benzene rings is 3. The molecule has 0 bridgehead atoms. The number of carbonyl (C=O) groups is 2. The van der Waals surface area contributed by atoms with Crippen molar-refractivity contribution in [3.05, 3.63) is 111 Å². The van der Waals surface area contributed by atoms with Crippen molar-refractivity contribution in [2.24, 2.45) is 0 Å². The summed E-state index contributed by atoms with van der Waals surface area (Å²) < 4.78 is 0. The van der Waals surface area contributed by atoms with Gasteiger partial charge in [-0.15, -0.1) is 11.3 Å². The van der Waals surface area contributed by atoms with Crippen molar-refractivity contribution >= 4 is 40.3 Å². The van der Waals surface area contributed by atoms with Crippen LogP contribution in [-0.4, -0.2) is 26.9 Å². The second kappa shape index (κ2) is 9.02. The normalized spacial score (nSPS) is 15.7. The molecular weight excluding hydrogens is 484 g/mol. The Hall–Kier alpha value is -3.94. The van der Waals surface area contributed by atoms with Gasteiger partial charge in [-0.3, -0.25) is 14.5 Å². The Kier molecular flexibility index (Phi) is 5.88. The number of aliphatic hydroxyl groups excluding tert-OH is 1. The minimum absolute atomic E-state index is 0.0282. The molecule has 0 fully saturated rings. The Labute approximate surface area is 210 Å². The number of hydrogen-bond acceptors (Lipinski definition) is 6. The van der Waals surface area contributed by atoms with Gasteiger partial charge in [-0.2, -0.15) is 0 Å². The summed E-state index contributed by atoms with van der Waals surface area (Å²) in [5, 5.41) is 22.1. The Bertz CT molecular complexity index is 1500. The van der Waals surface area contributed by atoms with Crippen LogP contribution in [0.4, 0.5) is 5.69 Å². The largest absolute Gasteiger partial charge is 0.508 e. The molecule has 0 spiro atoms. The first-order valence-electron chi connectivity index (χ1n) is 10.7. The summed E-state index contributed by atoms with van der Waals surface area (Å²) in [6.07, 6.45) is 0. The first-order chi connectivity index (χ1) is 16.8. The highest BCUT2D eigenvalue weighted by Gasteiger charge is 2.45. The lowest BCUT2D eigenvalue weighted by atomic mass is 9.94. The van der Waals surface area contributed by atoms with Crippen molar-refractivity contribution in [1.82, 2.24) is 4.98 Å². The minimum Gasteiger partial charge on any atom is -0.508 e. The van der Waals surface area contributed by atoms with E-state index in [0.29, 0.717) is 31.9 Å². The summed E-state index contributed by atoms with van der Waals surface area (Å²) in [6, 6.07) is 21.4. The fourth-order valence-corrected chi connectivity index (χ4v) is 5.38. The Balaban J connectivity index is 1.65. The van der Waals surface area contributed by atoms with Crippen molar-refractivity contribution < 1.29 is 19.8 Å². The van der Waals surface area contributed by atoms with Gasteiger partial charge in [0.2, 0.25) is 5.78 Å². The summed E-state index contributed by atoms with van der Waals surface area (Å²) in [5.41, 5.74) is 2.17. The quantitative estimate of drug-likeness (QED) is 0.314. The molecule has 1 aliphatic heterocycles. The molecule has 5 rings (SSSR count). The maximum atomic E-state index is 13.9. The van der Waals surface area contributed by atoms with E-state index in [2.05, 4.69) is 4.98 Å². The number of aromatic hydroxyl groups is 1. The molecule has 1 amide bonds. The van der Waals surface area contributed by atoms with E-state index in [1.807, 2.05) is 30.3 Å². The van der Waals surface area contributed by atoms with Gasteiger partial charge in [0.05, 0.1) is 22.2 Å². The van der Waals surface area contributed by atoms with Crippen LogP contribution in [0.15, 0.2) is 90.2 Å². The maximum Gasteiger partial charge on any atom is 0.294 e. The van der Waals surface area contributed by atoms with E-state index in [1.54, 1.807) is 43.3 Å². The van der Waals surface area contributed by atoms with Gasteiger partial charge in [0, 0.05) is 16.3 Å². The third-order valence-electron chi connectivity index (χ3n) is 5.75. The van der Waals surface area contributed by atoms with Crippen molar-refractivity contribution in [3.63, 3.8) is 0 Å². The van der Waals surface area contributed by atoms with Crippen LogP contribution < -0.4 is 4.90 Å². The number of anilines is 1. The second-order valence-corrected chi connectivity index (χ2v) is 9.48. The van der Waals surface area contributed by atoms with Gasteiger partial charge in [0.15, 0.2) is 5.76 Å². The number of ketones is 1. The van der Waals surface area contributed by atoms with Crippen molar-refractivity contribution in [3.8, 4) is 16.3 Å². The van der Waals surface area contributed by atoms with Crippen LogP contribution >= 0.6 is 22.9 Å². The Morgan fingerprint density at radius 1 is 1.00 bits per heavy atom. The molecule has 1 aliphatic rings. The zero-order valence-electron chi connectivity index (χ0n) is 18.5. The number of nitrogens with zero attached hydrogens (tertiary/aromatic N) is 2. The molecule has 4 aromatic rings. The molecule has 6 nitrogen and oxygen atoms in total. The molecule has 0 saturated heterocycles. The highest BCUT2D eigenvalue weighted by molar-refractivity contribution is 7.17. The Morgan fingerprint density at radius 3 is 2.46 bits per heavy atom. The highest BCUT2D eigenvalue weighted by atomic mass is 35.5. The lowest BCUT2D eigenvalue weighted by Crippen LogP contribution is -2.31. The molecule has 2 heterocycles. The van der Waals surface area contributed by atoms with Gasteiger partial charge in [0.25, 0.3) is 5.91 Å². The number of aromatic nitrogens is 1. The summed E-state index contributed by atoms with van der Waals surface area (Å²) in [5.74, 6) is -1.89. The van der Waals surface area contributed by atoms with Gasteiger partial charge >= 0.3 is 0 Å². The van der Waals surface area contributed by atoms with E-state index >= 15 is 0 Å². The van der Waals surface area contributed by atoms with Crippen molar-refractivity contribution in [2.45, 2.75) is 13.0 Å². The summed E-state index contributed by atoms with van der Waals surface area (Å²) in [7, 11) is 0. The molecule has 0 aliphatic carbocycles. The molecule has 1 unspecified atom stereocenters. The third kappa shape index (κ3) is 4.09. The molecule has 0 radical (unpaired) electrons. The number of halogens is 1. The first-order valence-corrected chi connectivity index (χ1v) is 11.9. The smallest absolute Gasteiger partial charge is 0.294 e. The van der Waals surface area contributed by atoms with Crippen molar-refractivity contribution in [1.29, 1.82) is 0 Å². The standard InChI is InChI=1S/C27H19ClN2O4S/c1-15-25(35-26(29-15)16-7-3-2-4-8-16)23(32)21-22(17-9-5-12-20(31)13-17)30(27(34)24(21)33)19-11-6-10-18(28)14-19/h2-14,22,31,33H,1H3. The van der Waals surface area contributed by atoms with Crippen LogP contribution in [0.1, 0.15) is 27.0 Å². The van der Waals surface area contributed by atoms with Crippen LogP contribution in [0.2, 0.25) is 5.02 Å². The predicted molar refractivity (Wildman–Crippen MR) is 136 cm³/mol. The molecule has 174 valence electrons. The molecule has 0 saturated carbocycles. The summed E-state index contributed by atoms with van der Waals surface area (Å²) in [6.45, 7) is 1.72. The topological polar surface area (TPSA) is 90.7 Å². The van der Waals surface area contributed by atoms with Crippen LogP contribution in [0, 0.1) is 6.92 Å². The number of hydrogen-bond donors (Lipinski definition) is 2. The van der Waals surface area contributed by atoms with Gasteiger partial charge in [0.1, 0.15) is 10.8 Å². The van der Waals surface area contributed by atoms with Gasteiger partial charge < -0.3 is 10.2 Å².